The third-order valence-electron chi connectivity index (χ3n) is 5.46. The molecule has 29 heavy (non-hydrogen) atoms. The fourth-order valence-electron chi connectivity index (χ4n) is 3.80. The van der Waals surface area contributed by atoms with Crippen LogP contribution in [0.3, 0.4) is 0 Å². The zero-order valence-electron chi connectivity index (χ0n) is 17.9. The Kier molecular flexibility index (Phi) is 5.92. The van der Waals surface area contributed by atoms with Crippen LogP contribution in [0.4, 0.5) is 0 Å². The first-order valence-electron chi connectivity index (χ1n) is 9.81. The average Bonchev–Trinajstić information content (AvgIpc) is 3.13. The zero-order valence-corrected chi connectivity index (χ0v) is 17.9. The second-order valence-electron chi connectivity index (χ2n) is 7.54. The smallest absolute Gasteiger partial charge is 0.274 e. The molecule has 0 aliphatic heterocycles. The summed E-state index contributed by atoms with van der Waals surface area (Å²) in [6.45, 7) is 10.3. The zero-order chi connectivity index (χ0) is 21.1. The van der Waals surface area contributed by atoms with Gasteiger partial charge in [-0.25, -0.2) is 0 Å². The molecule has 0 fully saturated rings. The standard InChI is InChI=1S/C25H29N3O/c1-7-19-14-22-23(15-28(6)25(29)24(22)27-19)20(11-12-26-5)18(4)13-21-16(2)9-8-10-17(21)3/h7-12,14-15,26-27H,1,13H2,2-6H3/b12-11-,20-18-. The van der Waals surface area contributed by atoms with Gasteiger partial charge in [-0.05, 0) is 73.9 Å². The van der Waals surface area contributed by atoms with E-state index >= 15 is 0 Å². The van der Waals surface area contributed by atoms with Crippen molar-refractivity contribution in [3.8, 4) is 0 Å². The Hall–Kier alpha value is -3.27. The van der Waals surface area contributed by atoms with Crippen molar-refractivity contribution in [3.05, 3.63) is 93.2 Å². The lowest BCUT2D eigenvalue weighted by molar-refractivity contribution is 0.867. The average molecular weight is 388 g/mol. The van der Waals surface area contributed by atoms with E-state index in [1.165, 1.54) is 22.3 Å². The fourth-order valence-corrected chi connectivity index (χ4v) is 3.80. The number of H-pyrrole nitrogens is 1. The minimum atomic E-state index is -0.0406. The summed E-state index contributed by atoms with van der Waals surface area (Å²) in [5.41, 5.74) is 8.73. The van der Waals surface area contributed by atoms with E-state index in [1.54, 1.807) is 17.7 Å². The molecule has 0 unspecified atom stereocenters. The molecule has 2 heterocycles. The van der Waals surface area contributed by atoms with Crippen molar-refractivity contribution in [1.82, 2.24) is 14.9 Å². The minimum Gasteiger partial charge on any atom is -0.394 e. The van der Waals surface area contributed by atoms with Crippen LogP contribution in [0, 0.1) is 13.8 Å². The Morgan fingerprint density at radius 1 is 1.28 bits per heavy atom. The monoisotopic (exact) mass is 387 g/mol. The van der Waals surface area contributed by atoms with Crippen molar-refractivity contribution in [3.63, 3.8) is 0 Å². The summed E-state index contributed by atoms with van der Waals surface area (Å²) in [7, 11) is 3.68. The first-order chi connectivity index (χ1) is 13.9. The summed E-state index contributed by atoms with van der Waals surface area (Å²) >= 11 is 0. The van der Waals surface area contributed by atoms with Crippen LogP contribution in [0.5, 0.6) is 0 Å². The van der Waals surface area contributed by atoms with Gasteiger partial charge in [0.2, 0.25) is 0 Å². The number of nitrogens with one attached hydrogen (secondary N) is 2. The van der Waals surface area contributed by atoms with Crippen molar-refractivity contribution in [1.29, 1.82) is 0 Å². The molecule has 4 nitrogen and oxygen atoms in total. The molecule has 0 aliphatic rings. The number of allylic oxidation sites excluding steroid dienone is 3. The molecular weight excluding hydrogens is 358 g/mol. The Bertz CT molecular complexity index is 1170. The van der Waals surface area contributed by atoms with Gasteiger partial charge in [-0.1, -0.05) is 30.4 Å². The summed E-state index contributed by atoms with van der Waals surface area (Å²) in [4.78, 5) is 15.8. The van der Waals surface area contributed by atoms with Crippen LogP contribution in [0.1, 0.15) is 34.9 Å². The highest BCUT2D eigenvalue weighted by molar-refractivity contribution is 5.96. The fraction of sp³-hybridized carbons (Fsp3) is 0.240. The molecule has 1 aromatic carbocycles. The van der Waals surface area contributed by atoms with E-state index in [9.17, 15) is 4.79 Å². The number of aromatic nitrogens is 2. The number of fused-ring (bicyclic) bond motifs is 1. The van der Waals surface area contributed by atoms with Gasteiger partial charge in [0.15, 0.2) is 0 Å². The van der Waals surface area contributed by atoms with E-state index in [2.05, 4.69) is 61.9 Å². The maximum atomic E-state index is 12.6. The molecule has 2 N–H and O–H groups in total. The molecule has 2 aromatic heterocycles. The van der Waals surface area contributed by atoms with Crippen molar-refractivity contribution in [2.45, 2.75) is 27.2 Å². The molecular formula is C25H29N3O. The lowest BCUT2D eigenvalue weighted by Gasteiger charge is -2.15. The van der Waals surface area contributed by atoms with Gasteiger partial charge >= 0.3 is 0 Å². The lowest BCUT2D eigenvalue weighted by atomic mass is 9.91. The van der Waals surface area contributed by atoms with E-state index in [0.717, 1.165) is 28.6 Å². The third-order valence-corrected chi connectivity index (χ3v) is 5.46. The first kappa shape index (κ1) is 20.5. The normalized spacial score (nSPS) is 12.4. The highest BCUT2D eigenvalue weighted by atomic mass is 16.1. The van der Waals surface area contributed by atoms with E-state index in [1.807, 2.05) is 25.5 Å². The molecule has 0 saturated carbocycles. The van der Waals surface area contributed by atoms with Crippen molar-refractivity contribution >= 4 is 22.6 Å². The summed E-state index contributed by atoms with van der Waals surface area (Å²) in [6, 6.07) is 8.41. The molecule has 3 rings (SSSR count). The number of benzene rings is 1. The summed E-state index contributed by atoms with van der Waals surface area (Å²) < 4.78 is 1.64. The summed E-state index contributed by atoms with van der Waals surface area (Å²) in [5, 5.41) is 4.01. The van der Waals surface area contributed by atoms with Gasteiger partial charge in [-0.15, -0.1) is 0 Å². The van der Waals surface area contributed by atoms with Crippen molar-refractivity contribution < 1.29 is 0 Å². The molecule has 150 valence electrons. The number of hydrogen-bond donors (Lipinski definition) is 2. The number of rotatable bonds is 6. The van der Waals surface area contributed by atoms with E-state index in [0.29, 0.717) is 5.52 Å². The number of aromatic amines is 1. The highest BCUT2D eigenvalue weighted by Gasteiger charge is 2.15. The maximum absolute atomic E-state index is 12.6. The molecule has 3 aromatic rings. The van der Waals surface area contributed by atoms with E-state index in [4.69, 9.17) is 0 Å². The Labute approximate surface area is 172 Å². The molecule has 0 radical (unpaired) electrons. The van der Waals surface area contributed by atoms with Crippen LogP contribution in [0.15, 0.2) is 59.7 Å². The second kappa shape index (κ2) is 8.39. The van der Waals surface area contributed by atoms with Crippen LogP contribution in [0.2, 0.25) is 0 Å². The number of aryl methyl sites for hydroxylation is 3. The first-order valence-corrected chi connectivity index (χ1v) is 9.81. The predicted molar refractivity (Wildman–Crippen MR) is 124 cm³/mol. The van der Waals surface area contributed by atoms with Gasteiger partial charge in [0, 0.05) is 36.9 Å². The lowest BCUT2D eigenvalue weighted by Crippen LogP contribution is -2.17. The summed E-state index contributed by atoms with van der Waals surface area (Å²) in [6.07, 6.45) is 8.53. The molecule has 4 heteroatoms. The van der Waals surface area contributed by atoms with Crippen LogP contribution >= 0.6 is 0 Å². The Balaban J connectivity index is 2.27. The number of nitrogens with zero attached hydrogens (tertiary/aromatic N) is 1. The van der Waals surface area contributed by atoms with Gasteiger partial charge in [-0.2, -0.15) is 0 Å². The van der Waals surface area contributed by atoms with Crippen LogP contribution in [-0.2, 0) is 13.5 Å². The van der Waals surface area contributed by atoms with Crippen LogP contribution in [0.25, 0.3) is 22.6 Å². The Morgan fingerprint density at radius 3 is 2.59 bits per heavy atom. The molecule has 0 bridgehead atoms. The minimum absolute atomic E-state index is 0.0406. The number of pyridine rings is 1. The number of hydrogen-bond acceptors (Lipinski definition) is 2. The van der Waals surface area contributed by atoms with Gasteiger partial charge in [-0.3, -0.25) is 4.79 Å². The maximum Gasteiger partial charge on any atom is 0.274 e. The van der Waals surface area contributed by atoms with Crippen molar-refractivity contribution in [2.75, 3.05) is 7.05 Å². The quantitative estimate of drug-likeness (QED) is 0.593. The largest absolute Gasteiger partial charge is 0.394 e. The van der Waals surface area contributed by atoms with E-state index in [-0.39, 0.29) is 5.56 Å². The molecule has 0 atom stereocenters. The van der Waals surface area contributed by atoms with E-state index < -0.39 is 0 Å². The molecule has 0 saturated heterocycles. The summed E-state index contributed by atoms with van der Waals surface area (Å²) in [5.74, 6) is 0. The Morgan fingerprint density at radius 2 is 1.97 bits per heavy atom. The van der Waals surface area contributed by atoms with Crippen LogP contribution < -0.4 is 10.9 Å². The van der Waals surface area contributed by atoms with Gasteiger partial charge < -0.3 is 14.9 Å². The predicted octanol–water partition coefficient (Wildman–Crippen LogP) is 4.88. The third kappa shape index (κ3) is 3.97. The van der Waals surface area contributed by atoms with Crippen LogP contribution in [-0.4, -0.2) is 16.6 Å². The van der Waals surface area contributed by atoms with Gasteiger partial charge in [0.1, 0.15) is 5.52 Å². The van der Waals surface area contributed by atoms with Gasteiger partial charge in [0.05, 0.1) is 0 Å². The molecule has 0 amide bonds. The second-order valence-corrected chi connectivity index (χ2v) is 7.54. The molecule has 0 spiro atoms. The highest BCUT2D eigenvalue weighted by Crippen LogP contribution is 2.30. The van der Waals surface area contributed by atoms with Gasteiger partial charge in [0.25, 0.3) is 5.56 Å². The SMILES string of the molecule is C=Cc1cc2c(C(/C=C\NC)=C(/C)Cc3c(C)cccc3C)cn(C)c(=O)c2[nH]1. The van der Waals surface area contributed by atoms with Crippen molar-refractivity contribution in [2.24, 2.45) is 7.05 Å². The molecule has 0 aliphatic carbocycles. The topological polar surface area (TPSA) is 49.8 Å².